The minimum atomic E-state index is -0.104. The number of β-amino-alcohol motifs (C(OH)–C–C–N with tert-alkyl or cyclic N) is 1. The highest BCUT2D eigenvalue weighted by atomic mass is 16.3. The number of rotatable bonds is 0. The monoisotopic (exact) mass is 143 g/mol. The summed E-state index contributed by atoms with van der Waals surface area (Å²) < 4.78 is 0. The SMILES string of the molecule is CC1CCCN(C)CC1O. The Hall–Kier alpha value is -0.0800. The molecule has 0 spiro atoms. The van der Waals surface area contributed by atoms with Gasteiger partial charge >= 0.3 is 0 Å². The van der Waals surface area contributed by atoms with Crippen LogP contribution >= 0.6 is 0 Å². The van der Waals surface area contributed by atoms with Crippen LogP contribution in [0.25, 0.3) is 0 Å². The summed E-state index contributed by atoms with van der Waals surface area (Å²) in [4.78, 5) is 2.20. The van der Waals surface area contributed by atoms with Gasteiger partial charge in [0.1, 0.15) is 0 Å². The molecule has 0 saturated carbocycles. The van der Waals surface area contributed by atoms with E-state index in [0.717, 1.165) is 13.1 Å². The molecule has 0 aromatic rings. The van der Waals surface area contributed by atoms with E-state index < -0.39 is 0 Å². The van der Waals surface area contributed by atoms with Crippen LogP contribution in [-0.4, -0.2) is 36.2 Å². The first-order valence-electron chi connectivity index (χ1n) is 4.07. The van der Waals surface area contributed by atoms with Crippen molar-refractivity contribution in [3.8, 4) is 0 Å². The average Bonchev–Trinajstić information content (AvgIpc) is 1.96. The van der Waals surface area contributed by atoms with Crippen LogP contribution in [0.15, 0.2) is 0 Å². The first kappa shape index (κ1) is 8.02. The third kappa shape index (κ3) is 1.96. The predicted molar refractivity (Wildman–Crippen MR) is 41.9 cm³/mol. The maximum atomic E-state index is 9.49. The van der Waals surface area contributed by atoms with Crippen molar-refractivity contribution in [3.05, 3.63) is 0 Å². The van der Waals surface area contributed by atoms with E-state index in [-0.39, 0.29) is 6.10 Å². The number of aliphatic hydroxyl groups is 1. The summed E-state index contributed by atoms with van der Waals surface area (Å²) in [6.07, 6.45) is 2.30. The Bertz CT molecular complexity index is 105. The molecule has 0 bridgehead atoms. The van der Waals surface area contributed by atoms with Crippen molar-refractivity contribution in [2.45, 2.75) is 25.9 Å². The zero-order chi connectivity index (χ0) is 7.56. The van der Waals surface area contributed by atoms with Crippen molar-refractivity contribution < 1.29 is 5.11 Å². The first-order chi connectivity index (χ1) is 4.70. The zero-order valence-electron chi connectivity index (χ0n) is 6.88. The molecule has 2 atom stereocenters. The fraction of sp³-hybridized carbons (Fsp3) is 1.00. The molecule has 0 radical (unpaired) electrons. The van der Waals surface area contributed by atoms with Gasteiger partial charge in [-0.25, -0.2) is 0 Å². The summed E-state index contributed by atoms with van der Waals surface area (Å²) in [5, 5.41) is 9.49. The Morgan fingerprint density at radius 2 is 2.20 bits per heavy atom. The third-order valence-corrected chi connectivity index (χ3v) is 2.35. The van der Waals surface area contributed by atoms with Gasteiger partial charge in [-0.3, -0.25) is 0 Å². The van der Waals surface area contributed by atoms with Crippen LogP contribution in [0.1, 0.15) is 19.8 Å². The number of hydrogen-bond donors (Lipinski definition) is 1. The van der Waals surface area contributed by atoms with E-state index in [1.807, 2.05) is 0 Å². The molecule has 0 aliphatic carbocycles. The van der Waals surface area contributed by atoms with Crippen LogP contribution in [0.5, 0.6) is 0 Å². The maximum Gasteiger partial charge on any atom is 0.0692 e. The van der Waals surface area contributed by atoms with Gasteiger partial charge in [0.05, 0.1) is 6.10 Å². The molecule has 2 unspecified atom stereocenters. The van der Waals surface area contributed by atoms with Gasteiger partial charge in [-0.1, -0.05) is 6.92 Å². The Balaban J connectivity index is 2.41. The molecule has 0 amide bonds. The lowest BCUT2D eigenvalue weighted by Gasteiger charge is -2.18. The second kappa shape index (κ2) is 3.35. The van der Waals surface area contributed by atoms with E-state index in [1.54, 1.807) is 0 Å². The quantitative estimate of drug-likeness (QED) is 0.540. The lowest BCUT2D eigenvalue weighted by Crippen LogP contribution is -2.30. The lowest BCUT2D eigenvalue weighted by molar-refractivity contribution is 0.0942. The van der Waals surface area contributed by atoms with Crippen molar-refractivity contribution in [2.75, 3.05) is 20.1 Å². The Morgan fingerprint density at radius 3 is 2.90 bits per heavy atom. The molecule has 1 saturated heterocycles. The highest BCUT2D eigenvalue weighted by molar-refractivity contribution is 4.72. The van der Waals surface area contributed by atoms with Crippen molar-refractivity contribution >= 4 is 0 Å². The zero-order valence-corrected chi connectivity index (χ0v) is 6.88. The van der Waals surface area contributed by atoms with Gasteiger partial charge in [0.2, 0.25) is 0 Å². The normalized spacial score (nSPS) is 37.5. The van der Waals surface area contributed by atoms with Crippen molar-refractivity contribution in [1.82, 2.24) is 4.90 Å². The summed E-state index contributed by atoms with van der Waals surface area (Å²) >= 11 is 0. The smallest absolute Gasteiger partial charge is 0.0692 e. The van der Waals surface area contributed by atoms with Crippen LogP contribution in [-0.2, 0) is 0 Å². The summed E-state index contributed by atoms with van der Waals surface area (Å²) in [6.45, 7) is 4.12. The van der Waals surface area contributed by atoms with E-state index in [1.165, 1.54) is 12.8 Å². The van der Waals surface area contributed by atoms with Gasteiger partial charge in [-0.15, -0.1) is 0 Å². The van der Waals surface area contributed by atoms with E-state index in [0.29, 0.717) is 5.92 Å². The molecule has 1 aliphatic heterocycles. The number of hydrogen-bond acceptors (Lipinski definition) is 2. The topological polar surface area (TPSA) is 23.5 Å². The third-order valence-electron chi connectivity index (χ3n) is 2.35. The fourth-order valence-electron chi connectivity index (χ4n) is 1.47. The van der Waals surface area contributed by atoms with Crippen LogP contribution in [0.2, 0.25) is 0 Å². The van der Waals surface area contributed by atoms with E-state index >= 15 is 0 Å². The van der Waals surface area contributed by atoms with Crippen LogP contribution in [0.4, 0.5) is 0 Å². The number of likely N-dealkylation sites (N-methyl/N-ethyl adjacent to an activating group) is 1. The molecule has 1 N–H and O–H groups in total. The summed E-state index contributed by atoms with van der Waals surface area (Å²) in [5.74, 6) is 0.491. The van der Waals surface area contributed by atoms with Crippen molar-refractivity contribution in [3.63, 3.8) is 0 Å². The summed E-state index contributed by atoms with van der Waals surface area (Å²) in [6, 6.07) is 0. The highest BCUT2D eigenvalue weighted by Crippen LogP contribution is 2.15. The molecular weight excluding hydrogens is 126 g/mol. The largest absolute Gasteiger partial charge is 0.392 e. The van der Waals surface area contributed by atoms with Gasteiger partial charge < -0.3 is 10.0 Å². The molecule has 60 valence electrons. The molecule has 1 aliphatic rings. The second-order valence-corrected chi connectivity index (χ2v) is 3.45. The number of aliphatic hydroxyl groups excluding tert-OH is 1. The molecular formula is C8H17NO. The van der Waals surface area contributed by atoms with E-state index in [9.17, 15) is 5.11 Å². The molecule has 2 nitrogen and oxygen atoms in total. The van der Waals surface area contributed by atoms with Gasteiger partial charge in [-0.05, 0) is 32.4 Å². The number of likely N-dealkylation sites (tertiary alicyclic amines) is 1. The van der Waals surface area contributed by atoms with Gasteiger partial charge in [-0.2, -0.15) is 0 Å². The van der Waals surface area contributed by atoms with Gasteiger partial charge in [0.15, 0.2) is 0 Å². The van der Waals surface area contributed by atoms with Crippen LogP contribution in [0.3, 0.4) is 0 Å². The van der Waals surface area contributed by atoms with Gasteiger partial charge in [0, 0.05) is 6.54 Å². The minimum Gasteiger partial charge on any atom is -0.392 e. The van der Waals surface area contributed by atoms with Crippen molar-refractivity contribution in [1.29, 1.82) is 0 Å². The van der Waals surface area contributed by atoms with E-state index in [2.05, 4.69) is 18.9 Å². The summed E-state index contributed by atoms with van der Waals surface area (Å²) in [5.41, 5.74) is 0. The molecule has 1 heterocycles. The standard InChI is InChI=1S/C8H17NO/c1-7-4-3-5-9(2)6-8(7)10/h7-8,10H,3-6H2,1-2H3. The molecule has 1 fully saturated rings. The predicted octanol–water partition coefficient (Wildman–Crippen LogP) is 0.709. The molecule has 10 heavy (non-hydrogen) atoms. The molecule has 1 rings (SSSR count). The van der Waals surface area contributed by atoms with Crippen LogP contribution in [0, 0.1) is 5.92 Å². The summed E-state index contributed by atoms with van der Waals surface area (Å²) in [7, 11) is 2.07. The van der Waals surface area contributed by atoms with E-state index in [4.69, 9.17) is 0 Å². The fourth-order valence-corrected chi connectivity index (χ4v) is 1.47. The lowest BCUT2D eigenvalue weighted by atomic mass is 10.0. The molecule has 0 aromatic carbocycles. The molecule has 2 heteroatoms. The Kier molecular flexibility index (Phi) is 2.69. The Morgan fingerprint density at radius 1 is 1.50 bits per heavy atom. The Labute approximate surface area is 62.8 Å². The van der Waals surface area contributed by atoms with Crippen molar-refractivity contribution in [2.24, 2.45) is 5.92 Å². The van der Waals surface area contributed by atoms with Gasteiger partial charge in [0.25, 0.3) is 0 Å². The minimum absolute atomic E-state index is 0.104. The maximum absolute atomic E-state index is 9.49. The molecule has 0 aromatic heterocycles. The first-order valence-corrected chi connectivity index (χ1v) is 4.07. The van der Waals surface area contributed by atoms with Crippen LogP contribution < -0.4 is 0 Å². The second-order valence-electron chi connectivity index (χ2n) is 3.45. The average molecular weight is 143 g/mol. The number of nitrogens with zero attached hydrogens (tertiary/aromatic N) is 1. The highest BCUT2D eigenvalue weighted by Gasteiger charge is 2.19.